The van der Waals surface area contributed by atoms with E-state index in [0.717, 1.165) is 22.7 Å². The minimum absolute atomic E-state index is 0.0125. The molecule has 0 saturated heterocycles. The number of nitrogens with two attached hydrogens (primary N) is 2. The highest BCUT2D eigenvalue weighted by molar-refractivity contribution is 7.89. The summed E-state index contributed by atoms with van der Waals surface area (Å²) in [6, 6.07) is 7.24. The second-order valence-electron chi connectivity index (χ2n) is 4.99. The normalized spacial score (nSPS) is 11.5. The van der Waals surface area contributed by atoms with E-state index in [0.29, 0.717) is 15.2 Å². The number of carbonyl (C=O) groups excluding carboxylic acids is 1. The van der Waals surface area contributed by atoms with Crippen molar-refractivity contribution in [1.29, 1.82) is 0 Å². The summed E-state index contributed by atoms with van der Waals surface area (Å²) in [5.74, 6) is -0.312. The maximum absolute atomic E-state index is 12.6. The topological polar surface area (TPSA) is 128 Å². The van der Waals surface area contributed by atoms with Crippen LogP contribution in [-0.4, -0.2) is 19.2 Å². The van der Waals surface area contributed by atoms with Crippen LogP contribution in [0.4, 0.5) is 16.6 Å². The fourth-order valence-corrected chi connectivity index (χ4v) is 4.85. The highest BCUT2D eigenvalue weighted by Gasteiger charge is 2.22. The van der Waals surface area contributed by atoms with Gasteiger partial charge in [0.25, 0.3) is 0 Å². The molecule has 0 spiro atoms. The summed E-state index contributed by atoms with van der Waals surface area (Å²) < 4.78 is 23.2. The molecule has 0 bridgehead atoms. The number of rotatable bonds is 5. The van der Waals surface area contributed by atoms with E-state index in [1.807, 2.05) is 0 Å². The number of carbonyl (C=O) groups is 1. The van der Waals surface area contributed by atoms with Gasteiger partial charge >= 0.3 is 0 Å². The average Bonchev–Trinajstić information content (AvgIpc) is 3.08. The Morgan fingerprint density at radius 1 is 1.15 bits per heavy atom. The smallest absolute Gasteiger partial charge is 0.238 e. The molecular weight excluding hydrogens is 439 g/mol. The number of ketones is 1. The van der Waals surface area contributed by atoms with E-state index in [-0.39, 0.29) is 31.3 Å². The molecule has 3 aromatic rings. The Labute approximate surface area is 166 Å². The summed E-state index contributed by atoms with van der Waals surface area (Å²) in [4.78, 5) is 16.9. The molecule has 0 amide bonds. The Morgan fingerprint density at radius 3 is 2.35 bits per heavy atom. The van der Waals surface area contributed by atoms with Gasteiger partial charge in [-0.3, -0.25) is 4.79 Å². The van der Waals surface area contributed by atoms with Gasteiger partial charge in [0.2, 0.25) is 15.8 Å². The zero-order valence-electron chi connectivity index (χ0n) is 12.7. The summed E-state index contributed by atoms with van der Waals surface area (Å²) in [7, 11) is -3.77. The molecule has 0 aliphatic rings. The number of nitrogens with one attached hydrogen (secondary N) is 1. The minimum Gasteiger partial charge on any atom is -0.382 e. The predicted molar refractivity (Wildman–Crippen MR) is 105 cm³/mol. The van der Waals surface area contributed by atoms with Gasteiger partial charge in [0.15, 0.2) is 5.13 Å². The molecule has 0 saturated carbocycles. The number of anilines is 3. The van der Waals surface area contributed by atoms with Crippen LogP contribution >= 0.6 is 45.9 Å². The lowest BCUT2D eigenvalue weighted by atomic mass is 10.2. The molecule has 0 unspecified atom stereocenters. The van der Waals surface area contributed by atoms with Crippen LogP contribution in [0.5, 0.6) is 0 Å². The van der Waals surface area contributed by atoms with Gasteiger partial charge < -0.3 is 11.1 Å². The van der Waals surface area contributed by atoms with Crippen molar-refractivity contribution in [3.63, 3.8) is 0 Å². The first-order valence-electron chi connectivity index (χ1n) is 6.81. The molecule has 3 rings (SSSR count). The van der Waals surface area contributed by atoms with E-state index in [1.165, 1.54) is 30.3 Å². The van der Waals surface area contributed by atoms with Crippen molar-refractivity contribution in [2.45, 2.75) is 4.90 Å². The second kappa shape index (κ2) is 7.14. The van der Waals surface area contributed by atoms with Crippen molar-refractivity contribution < 1.29 is 13.2 Å². The molecule has 2 heterocycles. The molecule has 7 nitrogen and oxygen atoms in total. The standard InChI is InChI=1S/C14H10Cl2N4O3S3/c15-9-5-8(12(16)24-9)10(21)11-13(17)20-14(25-11)19-6-1-3-7(4-2-6)26(18,22)23/h1-5H,17H2,(H,19,20)(H2,18,22,23). The summed E-state index contributed by atoms with van der Waals surface area (Å²) >= 11 is 14.0. The van der Waals surface area contributed by atoms with Crippen LogP contribution in [0.2, 0.25) is 8.67 Å². The largest absolute Gasteiger partial charge is 0.382 e. The number of aromatic nitrogens is 1. The molecule has 0 radical (unpaired) electrons. The molecule has 0 atom stereocenters. The predicted octanol–water partition coefficient (Wildman–Crippen LogP) is 3.72. The van der Waals surface area contributed by atoms with E-state index in [4.69, 9.17) is 34.1 Å². The van der Waals surface area contributed by atoms with Crippen molar-refractivity contribution in [3.05, 3.63) is 49.4 Å². The molecule has 26 heavy (non-hydrogen) atoms. The van der Waals surface area contributed by atoms with Gasteiger partial charge in [-0.25, -0.2) is 18.5 Å². The van der Waals surface area contributed by atoms with E-state index in [1.54, 1.807) is 0 Å². The van der Waals surface area contributed by atoms with E-state index in [2.05, 4.69) is 10.3 Å². The third-order valence-electron chi connectivity index (χ3n) is 3.20. The maximum Gasteiger partial charge on any atom is 0.238 e. The third kappa shape index (κ3) is 4.00. The van der Waals surface area contributed by atoms with Gasteiger partial charge in [-0.15, -0.1) is 11.3 Å². The highest BCUT2D eigenvalue weighted by atomic mass is 35.5. The lowest BCUT2D eigenvalue weighted by Crippen LogP contribution is -2.11. The van der Waals surface area contributed by atoms with Crippen LogP contribution in [0.1, 0.15) is 15.2 Å². The Bertz CT molecular complexity index is 1090. The van der Waals surface area contributed by atoms with E-state index in [9.17, 15) is 13.2 Å². The second-order valence-corrected chi connectivity index (χ2v) is 9.84. The number of thiophene rings is 1. The number of sulfonamides is 1. The minimum atomic E-state index is -3.77. The SMILES string of the molecule is Nc1nc(Nc2ccc(S(N)(=O)=O)cc2)sc1C(=O)c1cc(Cl)sc1Cl. The zero-order valence-corrected chi connectivity index (χ0v) is 16.7. The van der Waals surface area contributed by atoms with Crippen molar-refractivity contribution in [1.82, 2.24) is 4.98 Å². The number of hydrogen-bond donors (Lipinski definition) is 3. The summed E-state index contributed by atoms with van der Waals surface area (Å²) in [6.07, 6.45) is 0. The first-order valence-corrected chi connectivity index (χ1v) is 10.7. The Kier molecular flexibility index (Phi) is 5.24. The molecule has 136 valence electrons. The Balaban J connectivity index is 1.84. The number of nitrogen functional groups attached to an aromatic ring is 1. The molecule has 2 aromatic heterocycles. The van der Waals surface area contributed by atoms with Gasteiger partial charge in [-0.2, -0.15) is 0 Å². The number of benzene rings is 1. The maximum atomic E-state index is 12.6. The van der Waals surface area contributed by atoms with Crippen molar-refractivity contribution in [2.75, 3.05) is 11.1 Å². The first kappa shape index (κ1) is 19.1. The van der Waals surface area contributed by atoms with Gasteiger partial charge in [-0.1, -0.05) is 34.5 Å². The summed E-state index contributed by atoms with van der Waals surface area (Å²) in [6.45, 7) is 0. The van der Waals surface area contributed by atoms with Gasteiger partial charge in [-0.05, 0) is 30.3 Å². The van der Waals surface area contributed by atoms with Crippen LogP contribution in [-0.2, 0) is 10.0 Å². The van der Waals surface area contributed by atoms with Gasteiger partial charge in [0.05, 0.1) is 14.8 Å². The van der Waals surface area contributed by atoms with Crippen LogP contribution in [0, 0.1) is 0 Å². The zero-order chi connectivity index (χ0) is 19.1. The fourth-order valence-electron chi connectivity index (χ4n) is 2.02. The van der Waals surface area contributed by atoms with Crippen molar-refractivity contribution in [3.8, 4) is 0 Å². The fraction of sp³-hybridized carbons (Fsp3) is 0. The first-order chi connectivity index (χ1) is 12.1. The Hall–Kier alpha value is -1.69. The summed E-state index contributed by atoms with van der Waals surface area (Å²) in [5, 5.41) is 8.37. The van der Waals surface area contributed by atoms with Crippen molar-refractivity contribution in [2.24, 2.45) is 5.14 Å². The summed E-state index contributed by atoms with van der Waals surface area (Å²) in [5.41, 5.74) is 6.66. The monoisotopic (exact) mass is 448 g/mol. The molecule has 12 heteroatoms. The van der Waals surface area contributed by atoms with Crippen LogP contribution < -0.4 is 16.2 Å². The number of thiazole rings is 1. The van der Waals surface area contributed by atoms with E-state index >= 15 is 0 Å². The molecule has 5 N–H and O–H groups in total. The number of primary sulfonamides is 1. The number of nitrogens with zero attached hydrogens (tertiary/aromatic N) is 1. The van der Waals surface area contributed by atoms with Crippen LogP contribution in [0.25, 0.3) is 0 Å². The third-order valence-corrected chi connectivity index (χ3v) is 6.60. The van der Waals surface area contributed by atoms with Crippen LogP contribution in [0.3, 0.4) is 0 Å². The number of halogens is 2. The quantitative estimate of drug-likeness (QED) is 0.510. The molecule has 0 fully saturated rings. The Morgan fingerprint density at radius 2 is 1.81 bits per heavy atom. The lowest BCUT2D eigenvalue weighted by molar-refractivity contribution is 0.104. The molecule has 1 aromatic carbocycles. The van der Waals surface area contributed by atoms with Gasteiger partial charge in [0.1, 0.15) is 15.0 Å². The lowest BCUT2D eigenvalue weighted by Gasteiger charge is -2.03. The van der Waals surface area contributed by atoms with E-state index < -0.39 is 10.0 Å². The molecule has 0 aliphatic carbocycles. The van der Waals surface area contributed by atoms with Crippen LogP contribution in [0.15, 0.2) is 35.2 Å². The highest BCUT2D eigenvalue weighted by Crippen LogP contribution is 2.36. The molecule has 0 aliphatic heterocycles. The number of hydrogen-bond acceptors (Lipinski definition) is 8. The van der Waals surface area contributed by atoms with Gasteiger partial charge in [0, 0.05) is 5.69 Å². The molecular formula is C14H10Cl2N4O3S3. The van der Waals surface area contributed by atoms with Crippen molar-refractivity contribution >= 4 is 78.3 Å². The average molecular weight is 449 g/mol.